The van der Waals surface area contributed by atoms with Crippen LogP contribution in [-0.2, 0) is 11.3 Å². The molecule has 0 unspecified atom stereocenters. The Labute approximate surface area is 146 Å². The van der Waals surface area contributed by atoms with Gasteiger partial charge in [0.2, 0.25) is 5.91 Å². The summed E-state index contributed by atoms with van der Waals surface area (Å²) in [5.74, 6) is 1.71. The molecule has 0 saturated carbocycles. The van der Waals surface area contributed by atoms with Crippen LogP contribution in [0.1, 0.15) is 20.8 Å². The van der Waals surface area contributed by atoms with Crippen LogP contribution in [0.5, 0.6) is 0 Å². The van der Waals surface area contributed by atoms with E-state index < -0.39 is 0 Å². The summed E-state index contributed by atoms with van der Waals surface area (Å²) < 4.78 is 7.33. The molecule has 0 aliphatic rings. The van der Waals surface area contributed by atoms with Crippen molar-refractivity contribution in [2.24, 2.45) is 0 Å². The number of aromatic nitrogens is 3. The molecule has 0 radical (unpaired) electrons. The van der Waals surface area contributed by atoms with Gasteiger partial charge in [0.15, 0.2) is 16.7 Å². The zero-order valence-electron chi connectivity index (χ0n) is 14.5. The van der Waals surface area contributed by atoms with E-state index in [1.165, 1.54) is 11.8 Å². The normalized spacial score (nSPS) is 11.2. The first kappa shape index (κ1) is 18.5. The van der Waals surface area contributed by atoms with Gasteiger partial charge < -0.3 is 14.6 Å². The lowest BCUT2D eigenvalue weighted by atomic mass is 10.4. The van der Waals surface area contributed by atoms with Gasteiger partial charge >= 0.3 is 0 Å². The van der Waals surface area contributed by atoms with Crippen LogP contribution in [0.4, 0.5) is 0 Å². The molecular formula is C16H25N5O2S. The highest BCUT2D eigenvalue weighted by Crippen LogP contribution is 2.23. The molecule has 0 spiro atoms. The Hall–Kier alpha value is -1.80. The number of carbonyl (C=O) groups is 1. The van der Waals surface area contributed by atoms with Crippen LogP contribution in [0.25, 0.3) is 11.6 Å². The van der Waals surface area contributed by atoms with E-state index >= 15 is 0 Å². The Bertz CT molecular complexity index is 622. The number of nitrogens with one attached hydrogen (secondary N) is 1. The van der Waals surface area contributed by atoms with Gasteiger partial charge in [-0.2, -0.15) is 0 Å². The van der Waals surface area contributed by atoms with Crippen LogP contribution in [0.2, 0.25) is 0 Å². The zero-order valence-corrected chi connectivity index (χ0v) is 15.3. The molecule has 2 aromatic rings. The van der Waals surface area contributed by atoms with Gasteiger partial charge in [-0.1, -0.05) is 25.6 Å². The molecule has 1 N–H and O–H groups in total. The van der Waals surface area contributed by atoms with E-state index in [1.54, 1.807) is 6.26 Å². The lowest BCUT2D eigenvalue weighted by Crippen LogP contribution is -2.35. The molecular weight excluding hydrogens is 326 g/mol. The number of thioether (sulfide) groups is 1. The van der Waals surface area contributed by atoms with Crippen LogP contribution >= 0.6 is 11.8 Å². The first-order valence-corrected chi connectivity index (χ1v) is 9.27. The van der Waals surface area contributed by atoms with Gasteiger partial charge in [-0.05, 0) is 32.1 Å². The topological polar surface area (TPSA) is 76.2 Å². The molecule has 0 saturated heterocycles. The molecule has 24 heavy (non-hydrogen) atoms. The molecule has 0 bridgehead atoms. The van der Waals surface area contributed by atoms with Crippen LogP contribution < -0.4 is 5.32 Å². The van der Waals surface area contributed by atoms with Crippen molar-refractivity contribution in [1.82, 2.24) is 25.0 Å². The minimum atomic E-state index is 0.0114. The average molecular weight is 351 g/mol. The molecule has 0 aliphatic heterocycles. The predicted octanol–water partition coefficient (Wildman–Crippen LogP) is 2.11. The molecule has 2 heterocycles. The van der Waals surface area contributed by atoms with Crippen molar-refractivity contribution >= 4 is 17.7 Å². The lowest BCUT2D eigenvalue weighted by Gasteiger charge is -2.17. The second-order valence-electron chi connectivity index (χ2n) is 5.19. The van der Waals surface area contributed by atoms with Crippen molar-refractivity contribution in [1.29, 1.82) is 0 Å². The minimum Gasteiger partial charge on any atom is -0.461 e. The molecule has 1 amide bonds. The Morgan fingerprint density at radius 3 is 2.75 bits per heavy atom. The number of nitrogens with zero attached hydrogens (tertiary/aromatic N) is 4. The van der Waals surface area contributed by atoms with E-state index in [-0.39, 0.29) is 5.91 Å². The summed E-state index contributed by atoms with van der Waals surface area (Å²) in [4.78, 5) is 14.3. The van der Waals surface area contributed by atoms with Crippen LogP contribution in [0, 0.1) is 0 Å². The quantitative estimate of drug-likeness (QED) is 0.661. The number of carbonyl (C=O) groups excluding carboxylic acids is 1. The maximum absolute atomic E-state index is 12.0. The highest BCUT2D eigenvalue weighted by atomic mass is 32.2. The van der Waals surface area contributed by atoms with E-state index in [4.69, 9.17) is 4.42 Å². The molecule has 0 atom stereocenters. The van der Waals surface area contributed by atoms with Gasteiger partial charge in [-0.15, -0.1) is 10.2 Å². The number of likely N-dealkylation sites (N-methyl/N-ethyl adjacent to an activating group) is 1. The summed E-state index contributed by atoms with van der Waals surface area (Å²) in [5.41, 5.74) is 0. The van der Waals surface area contributed by atoms with Crippen LogP contribution in [0.3, 0.4) is 0 Å². The summed E-state index contributed by atoms with van der Waals surface area (Å²) in [6.45, 7) is 10.5. The van der Waals surface area contributed by atoms with E-state index in [0.29, 0.717) is 23.9 Å². The third-order valence-electron chi connectivity index (χ3n) is 3.75. The fourth-order valence-corrected chi connectivity index (χ4v) is 3.18. The monoisotopic (exact) mass is 351 g/mol. The molecule has 0 fully saturated rings. The molecule has 132 valence electrons. The Morgan fingerprint density at radius 1 is 1.33 bits per heavy atom. The lowest BCUT2D eigenvalue weighted by molar-refractivity contribution is -0.118. The molecule has 2 rings (SSSR count). The van der Waals surface area contributed by atoms with Crippen molar-refractivity contribution in [3.63, 3.8) is 0 Å². The second kappa shape index (κ2) is 9.48. The Morgan fingerprint density at radius 2 is 2.12 bits per heavy atom. The van der Waals surface area contributed by atoms with Crippen LogP contribution in [0.15, 0.2) is 28.0 Å². The first-order valence-electron chi connectivity index (χ1n) is 8.28. The van der Waals surface area contributed by atoms with Gasteiger partial charge in [0.25, 0.3) is 0 Å². The first-order chi connectivity index (χ1) is 11.7. The number of amides is 1. The zero-order chi connectivity index (χ0) is 17.4. The minimum absolute atomic E-state index is 0.0114. The van der Waals surface area contributed by atoms with Gasteiger partial charge in [-0.3, -0.25) is 9.36 Å². The second-order valence-corrected chi connectivity index (χ2v) is 6.14. The standard InChI is InChI=1S/C16H25N5O2S/c1-4-20(5-2)10-9-17-14(22)12-24-16-19-18-15(21(16)6-3)13-8-7-11-23-13/h7-8,11H,4-6,9-10,12H2,1-3H3,(H,17,22). The van der Waals surface area contributed by atoms with E-state index in [1.807, 2.05) is 23.6 Å². The van der Waals surface area contributed by atoms with Gasteiger partial charge in [0.1, 0.15) is 0 Å². The Kier molecular flexibility index (Phi) is 7.33. The smallest absolute Gasteiger partial charge is 0.230 e. The SMILES string of the molecule is CCN(CC)CCNC(=O)CSc1nnc(-c2ccco2)n1CC. The number of hydrogen-bond acceptors (Lipinski definition) is 6. The van der Waals surface area contributed by atoms with Crippen molar-refractivity contribution in [3.05, 3.63) is 18.4 Å². The highest BCUT2D eigenvalue weighted by molar-refractivity contribution is 7.99. The molecule has 0 aliphatic carbocycles. The van der Waals surface area contributed by atoms with E-state index in [2.05, 4.69) is 34.3 Å². The molecule has 8 heteroatoms. The molecule has 7 nitrogen and oxygen atoms in total. The van der Waals surface area contributed by atoms with Crippen molar-refractivity contribution in [2.45, 2.75) is 32.5 Å². The highest BCUT2D eigenvalue weighted by Gasteiger charge is 2.16. The van der Waals surface area contributed by atoms with E-state index in [9.17, 15) is 4.79 Å². The maximum Gasteiger partial charge on any atom is 0.230 e. The molecule has 0 aromatic carbocycles. The maximum atomic E-state index is 12.0. The molecule has 2 aromatic heterocycles. The third kappa shape index (κ3) is 4.85. The van der Waals surface area contributed by atoms with Gasteiger partial charge in [0.05, 0.1) is 12.0 Å². The fourth-order valence-electron chi connectivity index (χ4n) is 2.34. The number of hydrogen-bond donors (Lipinski definition) is 1. The summed E-state index contributed by atoms with van der Waals surface area (Å²) in [6, 6.07) is 3.67. The summed E-state index contributed by atoms with van der Waals surface area (Å²) in [6.07, 6.45) is 1.61. The predicted molar refractivity (Wildman–Crippen MR) is 94.9 cm³/mol. The Balaban J connectivity index is 1.85. The van der Waals surface area contributed by atoms with Gasteiger partial charge in [0, 0.05) is 19.6 Å². The van der Waals surface area contributed by atoms with Crippen molar-refractivity contribution in [2.75, 3.05) is 31.9 Å². The van der Waals surface area contributed by atoms with Crippen molar-refractivity contribution in [3.8, 4) is 11.6 Å². The van der Waals surface area contributed by atoms with E-state index in [0.717, 1.165) is 31.3 Å². The summed E-state index contributed by atoms with van der Waals surface area (Å²) in [5, 5.41) is 12.0. The van der Waals surface area contributed by atoms with Crippen LogP contribution in [-0.4, -0.2) is 57.5 Å². The van der Waals surface area contributed by atoms with Crippen molar-refractivity contribution < 1.29 is 9.21 Å². The number of furan rings is 1. The largest absolute Gasteiger partial charge is 0.461 e. The number of rotatable bonds is 10. The summed E-state index contributed by atoms with van der Waals surface area (Å²) in [7, 11) is 0. The fraction of sp³-hybridized carbons (Fsp3) is 0.562. The summed E-state index contributed by atoms with van der Waals surface area (Å²) >= 11 is 1.39. The van der Waals surface area contributed by atoms with Gasteiger partial charge in [-0.25, -0.2) is 0 Å². The average Bonchev–Trinajstić information content (AvgIpc) is 3.25. The third-order valence-corrected chi connectivity index (χ3v) is 4.72.